The van der Waals surface area contributed by atoms with Crippen LogP contribution in [0.25, 0.3) is 22.2 Å². The van der Waals surface area contributed by atoms with E-state index < -0.39 is 0 Å². The SMILES string of the molecule is Cc1ccc(Cn2ccc3cc(-c4cccc(C#N)n4)ccc32)cc1. The van der Waals surface area contributed by atoms with Crippen molar-refractivity contribution in [2.24, 2.45) is 0 Å². The van der Waals surface area contributed by atoms with E-state index in [1.54, 1.807) is 6.07 Å². The quantitative estimate of drug-likeness (QED) is 0.536. The second-order valence-corrected chi connectivity index (χ2v) is 6.22. The summed E-state index contributed by atoms with van der Waals surface area (Å²) in [6, 6.07) is 24.7. The molecule has 0 saturated carbocycles. The van der Waals surface area contributed by atoms with Gasteiger partial charge in [-0.1, -0.05) is 42.0 Å². The monoisotopic (exact) mass is 323 g/mol. The maximum atomic E-state index is 9.03. The summed E-state index contributed by atoms with van der Waals surface area (Å²) in [6.07, 6.45) is 2.12. The summed E-state index contributed by atoms with van der Waals surface area (Å²) in [5.74, 6) is 0. The van der Waals surface area contributed by atoms with Crippen LogP contribution in [0.2, 0.25) is 0 Å². The summed E-state index contributed by atoms with van der Waals surface area (Å²) in [7, 11) is 0. The Kier molecular flexibility index (Phi) is 3.80. The van der Waals surface area contributed by atoms with Gasteiger partial charge in [-0.3, -0.25) is 0 Å². The lowest BCUT2D eigenvalue weighted by molar-refractivity contribution is 0.836. The van der Waals surface area contributed by atoms with Crippen LogP contribution in [0.5, 0.6) is 0 Å². The molecule has 0 fully saturated rings. The van der Waals surface area contributed by atoms with E-state index in [0.717, 1.165) is 17.8 Å². The Morgan fingerprint density at radius 3 is 2.64 bits per heavy atom. The number of benzene rings is 2. The van der Waals surface area contributed by atoms with Crippen molar-refractivity contribution in [3.63, 3.8) is 0 Å². The van der Waals surface area contributed by atoms with E-state index in [4.69, 9.17) is 5.26 Å². The minimum Gasteiger partial charge on any atom is -0.343 e. The lowest BCUT2D eigenvalue weighted by Crippen LogP contribution is -1.97. The highest BCUT2D eigenvalue weighted by atomic mass is 14.9. The molecule has 0 atom stereocenters. The van der Waals surface area contributed by atoms with Crippen LogP contribution in [-0.4, -0.2) is 9.55 Å². The van der Waals surface area contributed by atoms with Crippen LogP contribution < -0.4 is 0 Å². The van der Waals surface area contributed by atoms with Crippen molar-refractivity contribution in [3.05, 3.63) is 89.7 Å². The van der Waals surface area contributed by atoms with Crippen LogP contribution in [0.1, 0.15) is 16.8 Å². The highest BCUT2D eigenvalue weighted by Crippen LogP contribution is 2.25. The Morgan fingerprint density at radius 1 is 1.00 bits per heavy atom. The Labute approximate surface area is 146 Å². The van der Waals surface area contributed by atoms with Gasteiger partial charge in [0.1, 0.15) is 11.8 Å². The predicted octanol–water partition coefficient (Wildman–Crippen LogP) is 4.93. The zero-order valence-electron chi connectivity index (χ0n) is 14.0. The molecule has 2 aromatic carbocycles. The number of rotatable bonds is 3. The molecule has 0 aliphatic heterocycles. The van der Waals surface area contributed by atoms with Crippen molar-refractivity contribution in [2.75, 3.05) is 0 Å². The van der Waals surface area contributed by atoms with Gasteiger partial charge in [0.2, 0.25) is 0 Å². The van der Waals surface area contributed by atoms with Crippen LogP contribution in [0.4, 0.5) is 0 Å². The van der Waals surface area contributed by atoms with E-state index >= 15 is 0 Å². The maximum absolute atomic E-state index is 9.03. The number of nitrogens with zero attached hydrogens (tertiary/aromatic N) is 3. The summed E-state index contributed by atoms with van der Waals surface area (Å²) >= 11 is 0. The number of nitriles is 1. The molecule has 4 rings (SSSR count). The first-order valence-corrected chi connectivity index (χ1v) is 8.25. The predicted molar refractivity (Wildman–Crippen MR) is 100 cm³/mol. The first-order valence-electron chi connectivity index (χ1n) is 8.25. The topological polar surface area (TPSA) is 41.6 Å². The summed E-state index contributed by atoms with van der Waals surface area (Å²) < 4.78 is 2.25. The normalized spacial score (nSPS) is 10.7. The molecular weight excluding hydrogens is 306 g/mol. The number of aromatic nitrogens is 2. The molecule has 0 N–H and O–H groups in total. The van der Waals surface area contributed by atoms with Crippen LogP contribution in [0, 0.1) is 18.3 Å². The van der Waals surface area contributed by atoms with Gasteiger partial charge in [-0.05, 0) is 42.8 Å². The molecule has 0 amide bonds. The van der Waals surface area contributed by atoms with E-state index in [0.29, 0.717) is 5.69 Å². The number of hydrogen-bond acceptors (Lipinski definition) is 2. The molecule has 2 aromatic heterocycles. The van der Waals surface area contributed by atoms with Gasteiger partial charge < -0.3 is 4.57 Å². The highest BCUT2D eigenvalue weighted by Gasteiger charge is 2.06. The standard InChI is InChI=1S/C22H17N3/c1-16-5-7-17(8-6-16)15-25-12-11-19-13-18(9-10-22(19)25)21-4-2-3-20(14-23)24-21/h2-13H,15H2,1H3. The summed E-state index contributed by atoms with van der Waals surface area (Å²) in [4.78, 5) is 4.38. The minimum atomic E-state index is 0.439. The van der Waals surface area contributed by atoms with E-state index in [-0.39, 0.29) is 0 Å². The van der Waals surface area contributed by atoms with Gasteiger partial charge in [0.15, 0.2) is 0 Å². The van der Waals surface area contributed by atoms with Crippen molar-refractivity contribution in [3.8, 4) is 17.3 Å². The van der Waals surface area contributed by atoms with Crippen molar-refractivity contribution in [2.45, 2.75) is 13.5 Å². The fraction of sp³-hybridized carbons (Fsp3) is 0.0909. The molecule has 2 heterocycles. The van der Waals surface area contributed by atoms with E-state index in [1.807, 2.05) is 12.1 Å². The van der Waals surface area contributed by atoms with Gasteiger partial charge in [-0.15, -0.1) is 0 Å². The minimum absolute atomic E-state index is 0.439. The largest absolute Gasteiger partial charge is 0.343 e. The van der Waals surface area contributed by atoms with Crippen LogP contribution in [-0.2, 0) is 6.54 Å². The van der Waals surface area contributed by atoms with Gasteiger partial charge in [0.05, 0.1) is 5.69 Å². The fourth-order valence-electron chi connectivity index (χ4n) is 3.05. The van der Waals surface area contributed by atoms with Crippen molar-refractivity contribution < 1.29 is 0 Å². The first-order chi connectivity index (χ1) is 12.2. The fourth-order valence-corrected chi connectivity index (χ4v) is 3.05. The Balaban J connectivity index is 1.69. The Morgan fingerprint density at radius 2 is 1.84 bits per heavy atom. The Bertz CT molecular complexity index is 1080. The zero-order valence-corrected chi connectivity index (χ0v) is 14.0. The van der Waals surface area contributed by atoms with Crippen LogP contribution >= 0.6 is 0 Å². The van der Waals surface area contributed by atoms with Crippen molar-refractivity contribution >= 4 is 10.9 Å². The molecule has 0 radical (unpaired) electrons. The highest BCUT2D eigenvalue weighted by molar-refractivity contribution is 5.85. The van der Waals surface area contributed by atoms with Gasteiger partial charge in [-0.2, -0.15) is 5.26 Å². The molecule has 25 heavy (non-hydrogen) atoms. The lowest BCUT2D eigenvalue weighted by atomic mass is 10.1. The second-order valence-electron chi connectivity index (χ2n) is 6.22. The number of pyridine rings is 1. The number of fused-ring (bicyclic) bond motifs is 1. The van der Waals surface area contributed by atoms with Crippen LogP contribution in [0.15, 0.2) is 72.9 Å². The van der Waals surface area contributed by atoms with E-state index in [9.17, 15) is 0 Å². The van der Waals surface area contributed by atoms with Crippen molar-refractivity contribution in [1.29, 1.82) is 5.26 Å². The van der Waals surface area contributed by atoms with E-state index in [2.05, 4.69) is 77.3 Å². The lowest BCUT2D eigenvalue weighted by Gasteiger charge is -2.07. The average Bonchev–Trinajstić information content (AvgIpc) is 3.06. The summed E-state index contributed by atoms with van der Waals surface area (Å²) in [6.45, 7) is 2.96. The smallest absolute Gasteiger partial charge is 0.141 e. The summed E-state index contributed by atoms with van der Waals surface area (Å²) in [5, 5.41) is 10.2. The molecule has 0 spiro atoms. The molecule has 4 aromatic rings. The molecule has 0 aliphatic rings. The molecule has 3 heteroatoms. The van der Waals surface area contributed by atoms with Gasteiger partial charge in [-0.25, -0.2) is 4.98 Å². The van der Waals surface area contributed by atoms with Crippen LogP contribution in [0.3, 0.4) is 0 Å². The molecule has 0 unspecified atom stereocenters. The van der Waals surface area contributed by atoms with Gasteiger partial charge in [0.25, 0.3) is 0 Å². The van der Waals surface area contributed by atoms with Gasteiger partial charge in [0, 0.05) is 29.2 Å². The molecule has 0 saturated heterocycles. The van der Waals surface area contributed by atoms with E-state index in [1.165, 1.54) is 22.0 Å². The second kappa shape index (κ2) is 6.26. The Hall–Kier alpha value is -3.38. The average molecular weight is 323 g/mol. The zero-order chi connectivity index (χ0) is 17.2. The molecule has 120 valence electrons. The first kappa shape index (κ1) is 15.2. The molecule has 0 bridgehead atoms. The number of aryl methyl sites for hydroxylation is 1. The third kappa shape index (κ3) is 3.02. The van der Waals surface area contributed by atoms with Gasteiger partial charge >= 0.3 is 0 Å². The summed E-state index contributed by atoms with van der Waals surface area (Å²) in [5.41, 5.74) is 6.05. The molecular formula is C22H17N3. The maximum Gasteiger partial charge on any atom is 0.141 e. The number of hydrogen-bond donors (Lipinski definition) is 0. The molecule has 3 nitrogen and oxygen atoms in total. The van der Waals surface area contributed by atoms with Crippen molar-refractivity contribution in [1.82, 2.24) is 9.55 Å². The molecule has 0 aliphatic carbocycles. The third-order valence-electron chi connectivity index (χ3n) is 4.40. The third-order valence-corrected chi connectivity index (χ3v) is 4.40.